The van der Waals surface area contributed by atoms with E-state index in [0.29, 0.717) is 37.1 Å². The van der Waals surface area contributed by atoms with Crippen LogP contribution in [-0.4, -0.2) is 48.9 Å². The largest absolute Gasteiger partial charge is 0.379 e. The Morgan fingerprint density at radius 3 is 2.65 bits per heavy atom. The van der Waals surface area contributed by atoms with Gasteiger partial charge in [0, 0.05) is 37.2 Å². The van der Waals surface area contributed by atoms with Crippen molar-refractivity contribution in [2.45, 2.75) is 15.7 Å². The standard InChI is InChI=1S/C16H17N3O5S2/c20-19(21)14-3-1-2-13(10-14)12-25-16-5-4-15(11-17-16)26(22,23)18-6-8-24-9-7-18/h1-5,10-11H,6-9,12H2. The van der Waals surface area contributed by atoms with Crippen molar-refractivity contribution in [3.8, 4) is 0 Å². The highest BCUT2D eigenvalue weighted by molar-refractivity contribution is 7.98. The molecular formula is C16H17N3O5S2. The number of nitro groups is 1. The van der Waals surface area contributed by atoms with Crippen LogP contribution < -0.4 is 0 Å². The molecule has 26 heavy (non-hydrogen) atoms. The molecule has 0 N–H and O–H groups in total. The van der Waals surface area contributed by atoms with Gasteiger partial charge in [-0.2, -0.15) is 4.31 Å². The summed E-state index contributed by atoms with van der Waals surface area (Å²) in [6.07, 6.45) is 1.35. The van der Waals surface area contributed by atoms with Crippen LogP contribution in [0.4, 0.5) is 5.69 Å². The summed E-state index contributed by atoms with van der Waals surface area (Å²) in [4.78, 5) is 14.7. The second-order valence-corrected chi connectivity index (χ2v) is 8.50. The first-order valence-corrected chi connectivity index (χ1v) is 10.3. The van der Waals surface area contributed by atoms with E-state index in [1.54, 1.807) is 18.2 Å². The lowest BCUT2D eigenvalue weighted by molar-refractivity contribution is -0.384. The molecule has 2 aromatic rings. The van der Waals surface area contributed by atoms with E-state index < -0.39 is 14.9 Å². The van der Waals surface area contributed by atoms with E-state index in [-0.39, 0.29) is 10.6 Å². The first-order chi connectivity index (χ1) is 12.5. The number of rotatable bonds is 6. The van der Waals surface area contributed by atoms with Gasteiger partial charge in [0.2, 0.25) is 10.0 Å². The number of aromatic nitrogens is 1. The third-order valence-corrected chi connectivity index (χ3v) is 6.72. The number of hydrogen-bond acceptors (Lipinski definition) is 7. The van der Waals surface area contributed by atoms with Gasteiger partial charge < -0.3 is 4.74 Å². The predicted molar refractivity (Wildman–Crippen MR) is 96.5 cm³/mol. The molecule has 0 atom stereocenters. The van der Waals surface area contributed by atoms with Crippen LogP contribution in [0.5, 0.6) is 0 Å². The topological polar surface area (TPSA) is 103 Å². The average molecular weight is 395 g/mol. The smallest absolute Gasteiger partial charge is 0.269 e. The van der Waals surface area contributed by atoms with E-state index in [9.17, 15) is 18.5 Å². The zero-order chi connectivity index (χ0) is 18.6. The Morgan fingerprint density at radius 2 is 2.00 bits per heavy atom. The molecular weight excluding hydrogens is 378 g/mol. The van der Waals surface area contributed by atoms with E-state index in [4.69, 9.17) is 4.74 Å². The van der Waals surface area contributed by atoms with Crippen molar-refractivity contribution >= 4 is 27.5 Å². The Bertz CT molecular complexity index is 881. The Morgan fingerprint density at radius 1 is 1.23 bits per heavy atom. The maximum Gasteiger partial charge on any atom is 0.269 e. The lowest BCUT2D eigenvalue weighted by Crippen LogP contribution is -2.40. The summed E-state index contributed by atoms with van der Waals surface area (Å²) in [7, 11) is -3.55. The molecule has 0 amide bonds. The van der Waals surface area contributed by atoms with Crippen LogP contribution in [0.15, 0.2) is 52.5 Å². The summed E-state index contributed by atoms with van der Waals surface area (Å²) < 4.78 is 31.6. The number of sulfonamides is 1. The molecule has 0 radical (unpaired) electrons. The summed E-state index contributed by atoms with van der Waals surface area (Å²) in [5.74, 6) is 0.504. The van der Waals surface area contributed by atoms with Crippen LogP contribution in [0.3, 0.4) is 0 Å². The van der Waals surface area contributed by atoms with Crippen LogP contribution in [0, 0.1) is 10.1 Å². The third kappa shape index (κ3) is 4.39. The number of morpholine rings is 1. The minimum atomic E-state index is -3.55. The van der Waals surface area contributed by atoms with Gasteiger partial charge in [-0.1, -0.05) is 12.1 Å². The number of pyridine rings is 1. The average Bonchev–Trinajstić information content (AvgIpc) is 2.67. The van der Waals surface area contributed by atoms with Crippen molar-refractivity contribution in [2.75, 3.05) is 26.3 Å². The van der Waals surface area contributed by atoms with Crippen LogP contribution >= 0.6 is 11.8 Å². The summed E-state index contributed by atoms with van der Waals surface area (Å²) in [5, 5.41) is 11.5. The molecule has 0 bridgehead atoms. The Labute approximate surface area is 155 Å². The fraction of sp³-hybridized carbons (Fsp3) is 0.312. The lowest BCUT2D eigenvalue weighted by Gasteiger charge is -2.25. The molecule has 1 aliphatic rings. The van der Waals surface area contributed by atoms with Gasteiger partial charge in [-0.3, -0.25) is 10.1 Å². The molecule has 1 aliphatic heterocycles. The van der Waals surface area contributed by atoms with Crippen molar-refractivity contribution in [2.24, 2.45) is 0 Å². The molecule has 2 heterocycles. The second-order valence-electron chi connectivity index (χ2n) is 5.56. The fourth-order valence-corrected chi connectivity index (χ4v) is 4.60. The molecule has 1 aromatic heterocycles. The van der Waals surface area contributed by atoms with Crippen LogP contribution in [-0.2, 0) is 20.5 Å². The van der Waals surface area contributed by atoms with Gasteiger partial charge >= 0.3 is 0 Å². The molecule has 1 fully saturated rings. The first kappa shape index (κ1) is 18.8. The SMILES string of the molecule is O=[N+]([O-])c1cccc(CSc2ccc(S(=O)(=O)N3CCOCC3)cn2)c1. The van der Waals surface area contributed by atoms with E-state index >= 15 is 0 Å². The number of hydrogen-bond donors (Lipinski definition) is 0. The minimum Gasteiger partial charge on any atom is -0.379 e. The number of nitrogens with zero attached hydrogens (tertiary/aromatic N) is 3. The summed E-state index contributed by atoms with van der Waals surface area (Å²) in [6.45, 7) is 1.46. The maximum absolute atomic E-state index is 12.5. The number of benzene rings is 1. The molecule has 0 unspecified atom stereocenters. The van der Waals surface area contributed by atoms with Crippen LogP contribution in [0.2, 0.25) is 0 Å². The van der Waals surface area contributed by atoms with Gasteiger partial charge in [0.25, 0.3) is 5.69 Å². The van der Waals surface area contributed by atoms with E-state index in [0.717, 1.165) is 5.56 Å². The Kier molecular flexibility index (Phi) is 5.87. The molecule has 0 spiro atoms. The van der Waals surface area contributed by atoms with Crippen LogP contribution in [0.25, 0.3) is 0 Å². The first-order valence-electron chi connectivity index (χ1n) is 7.87. The molecule has 0 aliphatic carbocycles. The molecule has 1 saturated heterocycles. The normalized spacial score (nSPS) is 15.7. The van der Waals surface area contributed by atoms with E-state index in [1.807, 2.05) is 0 Å². The highest BCUT2D eigenvalue weighted by atomic mass is 32.2. The summed E-state index contributed by atoms with van der Waals surface area (Å²) in [6, 6.07) is 9.58. The summed E-state index contributed by atoms with van der Waals surface area (Å²) in [5.41, 5.74) is 0.846. The van der Waals surface area contributed by atoms with Crippen molar-refractivity contribution in [3.05, 3.63) is 58.3 Å². The van der Waals surface area contributed by atoms with Gasteiger partial charge in [0.05, 0.1) is 23.2 Å². The van der Waals surface area contributed by atoms with E-state index in [2.05, 4.69) is 4.98 Å². The number of non-ortho nitro benzene ring substituents is 1. The quantitative estimate of drug-likeness (QED) is 0.420. The highest BCUT2D eigenvalue weighted by Crippen LogP contribution is 2.24. The van der Waals surface area contributed by atoms with E-state index in [1.165, 1.54) is 40.5 Å². The molecule has 3 rings (SSSR count). The van der Waals surface area contributed by atoms with Gasteiger partial charge in [-0.15, -0.1) is 11.8 Å². The van der Waals surface area contributed by atoms with Crippen LogP contribution in [0.1, 0.15) is 5.56 Å². The molecule has 8 nitrogen and oxygen atoms in total. The number of ether oxygens (including phenoxy) is 1. The third-order valence-electron chi connectivity index (χ3n) is 3.83. The summed E-state index contributed by atoms with van der Waals surface area (Å²) >= 11 is 1.39. The van der Waals surface area contributed by atoms with Gasteiger partial charge in [-0.05, 0) is 17.7 Å². The monoisotopic (exact) mass is 395 g/mol. The van der Waals surface area contributed by atoms with Gasteiger partial charge in [-0.25, -0.2) is 13.4 Å². The highest BCUT2D eigenvalue weighted by Gasteiger charge is 2.26. The Balaban J connectivity index is 1.66. The van der Waals surface area contributed by atoms with Crippen molar-refractivity contribution in [1.82, 2.24) is 9.29 Å². The molecule has 138 valence electrons. The zero-order valence-electron chi connectivity index (χ0n) is 13.8. The lowest BCUT2D eigenvalue weighted by atomic mass is 10.2. The van der Waals surface area contributed by atoms with Crippen molar-refractivity contribution < 1.29 is 18.1 Å². The number of thioether (sulfide) groups is 1. The molecule has 10 heteroatoms. The minimum absolute atomic E-state index is 0.0445. The molecule has 0 saturated carbocycles. The maximum atomic E-state index is 12.5. The second kappa shape index (κ2) is 8.12. The zero-order valence-corrected chi connectivity index (χ0v) is 15.4. The predicted octanol–water partition coefficient (Wildman–Crippen LogP) is 2.30. The van der Waals surface area contributed by atoms with Crippen molar-refractivity contribution in [3.63, 3.8) is 0 Å². The van der Waals surface area contributed by atoms with Gasteiger partial charge in [0.1, 0.15) is 4.90 Å². The van der Waals surface area contributed by atoms with Gasteiger partial charge in [0.15, 0.2) is 0 Å². The fourth-order valence-electron chi connectivity index (χ4n) is 2.46. The number of nitro benzene ring substituents is 1. The Hall–Kier alpha value is -2.01. The molecule has 1 aromatic carbocycles. The van der Waals surface area contributed by atoms with Crippen molar-refractivity contribution in [1.29, 1.82) is 0 Å².